The fraction of sp³-hybridized carbons (Fsp3) is 0.393. The number of methoxy groups -OCH3 is 1. The molecule has 2 N–H and O–H groups in total. The van der Waals surface area contributed by atoms with Gasteiger partial charge in [0.15, 0.2) is 5.82 Å². The molecule has 0 spiro atoms. The number of hydrogen-bond donors (Lipinski definition) is 2. The molecule has 41 heavy (non-hydrogen) atoms. The van der Waals surface area contributed by atoms with E-state index in [2.05, 4.69) is 21.6 Å². The van der Waals surface area contributed by atoms with Crippen molar-refractivity contribution in [3.8, 4) is 17.5 Å². The first-order valence-electron chi connectivity index (χ1n) is 13.0. The van der Waals surface area contributed by atoms with Crippen molar-refractivity contribution in [2.45, 2.75) is 46.5 Å². The number of aromatic nitrogens is 2. The molecule has 0 saturated carbocycles. The van der Waals surface area contributed by atoms with Crippen LogP contribution < -0.4 is 15.0 Å². The molecule has 2 aromatic carbocycles. The van der Waals surface area contributed by atoms with Gasteiger partial charge in [-0.25, -0.2) is 4.68 Å². The van der Waals surface area contributed by atoms with E-state index in [1.54, 1.807) is 37.4 Å². The Bertz CT molecular complexity index is 1580. The van der Waals surface area contributed by atoms with Gasteiger partial charge in [-0.2, -0.15) is 18.8 Å². The number of anilines is 2. The summed E-state index contributed by atoms with van der Waals surface area (Å²) in [5, 5.41) is 26.5. The van der Waals surface area contributed by atoms with Crippen LogP contribution >= 0.6 is 0 Å². The number of hydrogen-bond acceptors (Lipinski definition) is 9. The third kappa shape index (κ3) is 7.90. The second kappa shape index (κ2) is 12.9. The minimum Gasteiger partial charge on any atom is -0.494 e. The van der Waals surface area contributed by atoms with Crippen LogP contribution in [-0.4, -0.2) is 54.6 Å². The monoisotopic (exact) mass is 581 g/mol. The first-order valence-corrected chi connectivity index (χ1v) is 14.6. The van der Waals surface area contributed by atoms with E-state index >= 15 is 0 Å². The first-order chi connectivity index (χ1) is 19.3. The van der Waals surface area contributed by atoms with Crippen LogP contribution in [0.15, 0.2) is 52.7 Å². The molecule has 1 amide bonds. The molecule has 0 unspecified atom stereocenters. The Hall–Kier alpha value is -4.28. The van der Waals surface area contributed by atoms with Gasteiger partial charge in [0, 0.05) is 31.1 Å². The van der Waals surface area contributed by atoms with Gasteiger partial charge in [0.1, 0.15) is 28.8 Å². The number of amides is 1. The molecule has 13 heteroatoms. The van der Waals surface area contributed by atoms with Gasteiger partial charge in [-0.05, 0) is 43.7 Å². The lowest BCUT2D eigenvalue weighted by atomic mass is 9.90. The molecule has 0 saturated heterocycles. The van der Waals surface area contributed by atoms with Crippen molar-refractivity contribution < 1.29 is 22.5 Å². The fourth-order valence-corrected chi connectivity index (χ4v) is 4.70. The van der Waals surface area contributed by atoms with Crippen molar-refractivity contribution in [3.05, 3.63) is 53.7 Å². The third-order valence-corrected chi connectivity index (χ3v) is 6.92. The van der Waals surface area contributed by atoms with E-state index in [0.29, 0.717) is 41.6 Å². The van der Waals surface area contributed by atoms with E-state index in [0.717, 1.165) is 5.69 Å². The Morgan fingerprint density at radius 2 is 1.93 bits per heavy atom. The molecular weight excluding hydrogens is 546 g/mol. The van der Waals surface area contributed by atoms with Gasteiger partial charge in [-0.1, -0.05) is 32.9 Å². The zero-order chi connectivity index (χ0) is 30.4. The summed E-state index contributed by atoms with van der Waals surface area (Å²) in [6, 6.07) is 14.6. The lowest BCUT2D eigenvalue weighted by Crippen LogP contribution is -2.25. The molecule has 0 radical (unpaired) electrons. The van der Waals surface area contributed by atoms with E-state index < -0.39 is 15.5 Å². The van der Waals surface area contributed by atoms with Gasteiger partial charge in [0.2, 0.25) is 5.91 Å². The van der Waals surface area contributed by atoms with Gasteiger partial charge < -0.3 is 15.0 Å². The molecule has 12 nitrogen and oxygen atoms in total. The van der Waals surface area contributed by atoms with E-state index in [1.807, 2.05) is 44.7 Å². The van der Waals surface area contributed by atoms with Crippen LogP contribution in [0.4, 0.5) is 22.9 Å². The number of ether oxygens (including phenoxy) is 1. The van der Waals surface area contributed by atoms with Gasteiger partial charge in [-0.15, -0.1) is 10.2 Å². The molecule has 0 aliphatic rings. The van der Waals surface area contributed by atoms with E-state index in [1.165, 1.54) is 11.6 Å². The molecule has 0 aliphatic heterocycles. The predicted molar refractivity (Wildman–Crippen MR) is 157 cm³/mol. The topological polar surface area (TPSA) is 162 Å². The summed E-state index contributed by atoms with van der Waals surface area (Å²) in [7, 11) is -2.52. The molecule has 0 fully saturated rings. The van der Waals surface area contributed by atoms with Crippen molar-refractivity contribution in [2.24, 2.45) is 10.2 Å². The number of benzene rings is 2. The number of carbonyl (C=O) groups is 1. The van der Waals surface area contributed by atoms with Crippen molar-refractivity contribution in [1.82, 2.24) is 9.78 Å². The van der Waals surface area contributed by atoms with Crippen LogP contribution in [-0.2, 0) is 20.3 Å². The Balaban J connectivity index is 2.11. The van der Waals surface area contributed by atoms with Crippen LogP contribution in [0, 0.1) is 11.3 Å². The SMILES string of the molecule is CCN(CCCS(=O)(=O)O)c1ccc(/N=N/c2c(C#N)c(C(C)(C)C)nn2-c2ccccc2OC)c(NC(C)=O)c1. The molecule has 3 aromatic rings. The van der Waals surface area contributed by atoms with Crippen LogP contribution in [0.25, 0.3) is 5.69 Å². The summed E-state index contributed by atoms with van der Waals surface area (Å²) in [5.41, 5.74) is 2.36. The third-order valence-electron chi connectivity index (χ3n) is 6.12. The van der Waals surface area contributed by atoms with E-state index in [4.69, 9.17) is 14.4 Å². The average molecular weight is 582 g/mol. The highest BCUT2D eigenvalue weighted by Crippen LogP contribution is 2.37. The summed E-state index contributed by atoms with van der Waals surface area (Å²) in [5.74, 6) is 0.0692. The van der Waals surface area contributed by atoms with Crippen molar-refractivity contribution in [3.63, 3.8) is 0 Å². The highest BCUT2D eigenvalue weighted by Gasteiger charge is 2.28. The number of carbonyl (C=O) groups excluding carboxylic acids is 1. The summed E-state index contributed by atoms with van der Waals surface area (Å²) in [6.45, 7) is 10.1. The first kappa shape index (κ1) is 31.3. The van der Waals surface area contributed by atoms with Gasteiger partial charge >= 0.3 is 0 Å². The van der Waals surface area contributed by atoms with Crippen molar-refractivity contribution in [1.29, 1.82) is 5.26 Å². The summed E-state index contributed by atoms with van der Waals surface area (Å²) in [4.78, 5) is 13.9. The van der Waals surface area contributed by atoms with Crippen LogP contribution in [0.3, 0.4) is 0 Å². The second-order valence-corrected chi connectivity index (χ2v) is 11.9. The maximum atomic E-state index is 12.0. The molecule has 218 valence electrons. The summed E-state index contributed by atoms with van der Waals surface area (Å²) >= 11 is 0. The molecule has 0 bridgehead atoms. The smallest absolute Gasteiger partial charge is 0.264 e. The highest BCUT2D eigenvalue weighted by molar-refractivity contribution is 7.85. The zero-order valence-electron chi connectivity index (χ0n) is 24.0. The minimum absolute atomic E-state index is 0.208. The molecule has 1 heterocycles. The fourth-order valence-electron chi connectivity index (χ4n) is 4.21. The average Bonchev–Trinajstić information content (AvgIpc) is 3.28. The largest absolute Gasteiger partial charge is 0.494 e. The van der Waals surface area contributed by atoms with Crippen LogP contribution in [0.2, 0.25) is 0 Å². The quantitative estimate of drug-likeness (QED) is 0.221. The number of nitrogens with one attached hydrogen (secondary N) is 1. The lowest BCUT2D eigenvalue weighted by molar-refractivity contribution is -0.114. The van der Waals surface area contributed by atoms with Gasteiger partial charge in [0.25, 0.3) is 10.1 Å². The van der Waals surface area contributed by atoms with Crippen LogP contribution in [0.1, 0.15) is 52.3 Å². The summed E-state index contributed by atoms with van der Waals surface area (Å²) < 4.78 is 38.4. The van der Waals surface area contributed by atoms with Crippen LogP contribution in [0.5, 0.6) is 5.75 Å². The number of azo groups is 1. The maximum absolute atomic E-state index is 12.0. The van der Waals surface area contributed by atoms with E-state index in [-0.39, 0.29) is 29.5 Å². The highest BCUT2D eigenvalue weighted by atomic mass is 32.2. The maximum Gasteiger partial charge on any atom is 0.264 e. The molecule has 0 aliphatic carbocycles. The number of rotatable bonds is 11. The number of nitriles is 1. The van der Waals surface area contributed by atoms with Gasteiger partial charge in [0.05, 0.1) is 24.2 Å². The lowest BCUT2D eigenvalue weighted by Gasteiger charge is -2.24. The minimum atomic E-state index is -4.07. The number of para-hydroxylation sites is 2. The molecule has 3 rings (SSSR count). The van der Waals surface area contributed by atoms with Crippen molar-refractivity contribution >= 4 is 38.9 Å². The Kier molecular flexibility index (Phi) is 9.85. The molecule has 0 atom stereocenters. The Morgan fingerprint density at radius 1 is 1.22 bits per heavy atom. The summed E-state index contributed by atoms with van der Waals surface area (Å²) in [6.07, 6.45) is 0.226. The zero-order valence-corrected chi connectivity index (χ0v) is 24.9. The Morgan fingerprint density at radius 3 is 2.51 bits per heavy atom. The number of nitrogens with zero attached hydrogens (tertiary/aromatic N) is 6. The Labute approximate surface area is 240 Å². The second-order valence-electron chi connectivity index (χ2n) is 10.3. The molecular formula is C28H35N7O5S. The van der Waals surface area contributed by atoms with E-state index in [9.17, 15) is 18.5 Å². The standard InChI is InChI=1S/C28H35N7O5S/c1-7-34(15-10-16-41(37,38)39)20-13-14-22(23(17-20)30-19(2)36)31-32-27-21(18-29)26(28(3,4)5)33-35(27)24-11-8-9-12-25(24)40-6/h8-9,11-14,17H,7,10,15-16H2,1-6H3,(H,30,36)(H,37,38,39)/b32-31+. The molecule has 1 aromatic heterocycles. The van der Waals surface area contributed by atoms with Gasteiger partial charge in [-0.3, -0.25) is 9.35 Å². The normalized spacial score (nSPS) is 11.9. The predicted octanol–water partition coefficient (Wildman–Crippen LogP) is 5.53. The van der Waals surface area contributed by atoms with Crippen molar-refractivity contribution in [2.75, 3.05) is 36.2 Å².